The fourth-order valence-corrected chi connectivity index (χ4v) is 2.59. The number of benzene rings is 2. The van der Waals surface area contributed by atoms with Gasteiger partial charge in [0.25, 0.3) is 0 Å². The number of hydrogen-bond acceptors (Lipinski definition) is 1. The van der Waals surface area contributed by atoms with Gasteiger partial charge in [0.15, 0.2) is 0 Å². The van der Waals surface area contributed by atoms with Gasteiger partial charge in [-0.25, -0.2) is 0 Å². The maximum atomic E-state index is 5.76. The molecule has 2 unspecified atom stereocenters. The van der Waals surface area contributed by atoms with E-state index in [4.69, 9.17) is 4.74 Å². The molecule has 1 heterocycles. The Balaban J connectivity index is 1.38. The average molecular weight is 252 g/mol. The van der Waals surface area contributed by atoms with Gasteiger partial charge in [-0.15, -0.1) is 0 Å². The van der Waals surface area contributed by atoms with Crippen LogP contribution in [0.2, 0.25) is 0 Å². The van der Waals surface area contributed by atoms with E-state index < -0.39 is 0 Å². The largest absolute Gasteiger partial charge is 0.370 e. The van der Waals surface area contributed by atoms with Crippen LogP contribution in [0, 0.1) is 0 Å². The van der Waals surface area contributed by atoms with Crippen molar-refractivity contribution in [3.8, 4) is 0 Å². The van der Waals surface area contributed by atoms with Crippen molar-refractivity contribution in [2.45, 2.75) is 37.9 Å². The average Bonchev–Trinajstić information content (AvgIpc) is 3.24. The molecule has 0 bridgehead atoms. The maximum Gasteiger partial charge on any atom is 0.0845 e. The molecule has 0 N–H and O–H groups in total. The van der Waals surface area contributed by atoms with Crippen molar-refractivity contribution >= 4 is 0 Å². The summed E-state index contributed by atoms with van der Waals surface area (Å²) in [5.41, 5.74) is 2.83. The highest BCUT2D eigenvalue weighted by atomic mass is 16.6. The number of rotatable bonds is 6. The zero-order valence-electron chi connectivity index (χ0n) is 11.2. The van der Waals surface area contributed by atoms with Crippen LogP contribution in [-0.2, 0) is 17.6 Å². The number of epoxide rings is 1. The van der Waals surface area contributed by atoms with Crippen molar-refractivity contribution in [2.75, 3.05) is 0 Å². The van der Waals surface area contributed by atoms with Crippen molar-refractivity contribution < 1.29 is 4.74 Å². The summed E-state index contributed by atoms with van der Waals surface area (Å²) in [6.07, 6.45) is 5.56. The highest BCUT2D eigenvalue weighted by Gasteiger charge is 2.37. The lowest BCUT2D eigenvalue weighted by Crippen LogP contribution is -1.98. The fraction of sp³-hybridized carbons (Fsp3) is 0.333. The van der Waals surface area contributed by atoms with Gasteiger partial charge in [-0.05, 0) is 36.8 Å². The van der Waals surface area contributed by atoms with Crippen LogP contribution in [0.15, 0.2) is 60.7 Å². The lowest BCUT2D eigenvalue weighted by Gasteiger charge is -1.99. The van der Waals surface area contributed by atoms with E-state index in [1.54, 1.807) is 0 Å². The molecule has 1 aliphatic rings. The third-order valence-corrected chi connectivity index (χ3v) is 3.81. The molecule has 1 aliphatic heterocycles. The van der Waals surface area contributed by atoms with Gasteiger partial charge in [0.05, 0.1) is 12.2 Å². The molecule has 1 saturated heterocycles. The summed E-state index contributed by atoms with van der Waals surface area (Å²) in [5.74, 6) is 0. The molecule has 3 rings (SSSR count). The summed E-state index contributed by atoms with van der Waals surface area (Å²) < 4.78 is 5.76. The van der Waals surface area contributed by atoms with Crippen LogP contribution in [0.1, 0.15) is 24.0 Å². The van der Waals surface area contributed by atoms with E-state index >= 15 is 0 Å². The topological polar surface area (TPSA) is 12.5 Å². The minimum Gasteiger partial charge on any atom is -0.370 e. The molecular weight excluding hydrogens is 232 g/mol. The Morgan fingerprint density at radius 1 is 0.632 bits per heavy atom. The standard InChI is InChI=1S/C18H20O/c1-3-7-15(8-4-1)11-13-17-18(19-17)14-12-16-9-5-2-6-10-16/h1-10,17-18H,11-14H2. The third kappa shape index (κ3) is 3.68. The van der Waals surface area contributed by atoms with Crippen molar-refractivity contribution in [1.82, 2.24) is 0 Å². The molecule has 0 radical (unpaired) electrons. The molecule has 0 saturated carbocycles. The SMILES string of the molecule is c1ccc(CCC2OC2CCc2ccccc2)cc1. The molecule has 0 aromatic heterocycles. The molecule has 0 aliphatic carbocycles. The lowest BCUT2D eigenvalue weighted by molar-refractivity contribution is 0.356. The minimum atomic E-state index is 0.490. The van der Waals surface area contributed by atoms with Crippen LogP contribution < -0.4 is 0 Å². The van der Waals surface area contributed by atoms with Crippen LogP contribution in [-0.4, -0.2) is 12.2 Å². The molecule has 2 atom stereocenters. The highest BCUT2D eigenvalue weighted by molar-refractivity contribution is 5.16. The third-order valence-electron chi connectivity index (χ3n) is 3.81. The molecule has 1 fully saturated rings. The van der Waals surface area contributed by atoms with Crippen LogP contribution >= 0.6 is 0 Å². The van der Waals surface area contributed by atoms with Gasteiger partial charge >= 0.3 is 0 Å². The molecular formula is C18H20O. The summed E-state index contributed by atoms with van der Waals surface area (Å²) in [7, 11) is 0. The van der Waals surface area contributed by atoms with E-state index in [1.165, 1.54) is 11.1 Å². The predicted molar refractivity (Wildman–Crippen MR) is 78.2 cm³/mol. The molecule has 0 amide bonds. The smallest absolute Gasteiger partial charge is 0.0845 e. The first-order valence-electron chi connectivity index (χ1n) is 7.15. The molecule has 2 aromatic carbocycles. The zero-order valence-corrected chi connectivity index (χ0v) is 11.2. The molecule has 1 heteroatoms. The Hall–Kier alpha value is -1.60. The summed E-state index contributed by atoms with van der Waals surface area (Å²) in [5, 5.41) is 0. The van der Waals surface area contributed by atoms with E-state index in [1.807, 2.05) is 0 Å². The monoisotopic (exact) mass is 252 g/mol. The van der Waals surface area contributed by atoms with E-state index in [2.05, 4.69) is 60.7 Å². The zero-order chi connectivity index (χ0) is 12.9. The normalized spacial score (nSPS) is 21.3. The highest BCUT2D eigenvalue weighted by Crippen LogP contribution is 2.30. The van der Waals surface area contributed by atoms with E-state index in [0.29, 0.717) is 12.2 Å². The van der Waals surface area contributed by atoms with E-state index in [9.17, 15) is 0 Å². The Kier molecular flexibility index (Phi) is 3.95. The van der Waals surface area contributed by atoms with Gasteiger partial charge in [0, 0.05) is 0 Å². The van der Waals surface area contributed by atoms with Crippen LogP contribution in [0.5, 0.6) is 0 Å². The van der Waals surface area contributed by atoms with Gasteiger partial charge < -0.3 is 4.74 Å². The second kappa shape index (κ2) is 6.03. The summed E-state index contributed by atoms with van der Waals surface area (Å²) >= 11 is 0. The van der Waals surface area contributed by atoms with Crippen LogP contribution in [0.4, 0.5) is 0 Å². The Labute approximate surface area is 115 Å². The Morgan fingerprint density at radius 2 is 1.05 bits per heavy atom. The second-order valence-electron chi connectivity index (χ2n) is 5.26. The first kappa shape index (κ1) is 12.4. The molecule has 19 heavy (non-hydrogen) atoms. The van der Waals surface area contributed by atoms with Gasteiger partial charge in [-0.3, -0.25) is 0 Å². The maximum absolute atomic E-state index is 5.76. The second-order valence-corrected chi connectivity index (χ2v) is 5.26. The van der Waals surface area contributed by atoms with E-state index in [-0.39, 0.29) is 0 Å². The summed E-state index contributed by atoms with van der Waals surface area (Å²) in [6, 6.07) is 21.4. The Morgan fingerprint density at radius 3 is 1.47 bits per heavy atom. The first-order chi connectivity index (χ1) is 9.42. The van der Waals surface area contributed by atoms with Crippen molar-refractivity contribution in [2.24, 2.45) is 0 Å². The van der Waals surface area contributed by atoms with Crippen molar-refractivity contribution in [3.05, 3.63) is 71.8 Å². The van der Waals surface area contributed by atoms with Gasteiger partial charge in [-0.1, -0.05) is 60.7 Å². The summed E-state index contributed by atoms with van der Waals surface area (Å²) in [4.78, 5) is 0. The minimum absolute atomic E-state index is 0.490. The van der Waals surface area contributed by atoms with E-state index in [0.717, 1.165) is 25.7 Å². The first-order valence-corrected chi connectivity index (χ1v) is 7.15. The van der Waals surface area contributed by atoms with Gasteiger partial charge in [0.2, 0.25) is 0 Å². The molecule has 0 spiro atoms. The number of hydrogen-bond donors (Lipinski definition) is 0. The lowest BCUT2D eigenvalue weighted by atomic mass is 10.0. The van der Waals surface area contributed by atoms with Gasteiger partial charge in [0.1, 0.15) is 0 Å². The molecule has 2 aromatic rings. The van der Waals surface area contributed by atoms with Gasteiger partial charge in [-0.2, -0.15) is 0 Å². The van der Waals surface area contributed by atoms with Crippen molar-refractivity contribution in [3.63, 3.8) is 0 Å². The molecule has 98 valence electrons. The number of aryl methyl sites for hydroxylation is 2. The van der Waals surface area contributed by atoms with Crippen LogP contribution in [0.25, 0.3) is 0 Å². The number of ether oxygens (including phenoxy) is 1. The van der Waals surface area contributed by atoms with Crippen LogP contribution in [0.3, 0.4) is 0 Å². The Bertz CT molecular complexity index is 444. The molecule has 1 nitrogen and oxygen atoms in total. The summed E-state index contributed by atoms with van der Waals surface area (Å²) in [6.45, 7) is 0. The predicted octanol–water partition coefficient (Wildman–Crippen LogP) is 4.02. The fourth-order valence-electron chi connectivity index (χ4n) is 2.59. The van der Waals surface area contributed by atoms with Crippen molar-refractivity contribution in [1.29, 1.82) is 0 Å². The quantitative estimate of drug-likeness (QED) is 0.707.